The van der Waals surface area contributed by atoms with E-state index in [9.17, 15) is 9.59 Å². The van der Waals surface area contributed by atoms with Crippen LogP contribution >= 0.6 is 0 Å². The van der Waals surface area contributed by atoms with E-state index in [0.29, 0.717) is 24.2 Å². The van der Waals surface area contributed by atoms with E-state index in [1.165, 1.54) is 4.90 Å². The molecule has 1 aliphatic heterocycles. The number of likely N-dealkylation sites (N-methyl/N-ethyl adjacent to an activating group) is 1. The van der Waals surface area contributed by atoms with Crippen molar-refractivity contribution in [3.05, 3.63) is 41.7 Å². The first-order chi connectivity index (χ1) is 11.9. The third kappa shape index (κ3) is 2.57. The van der Waals surface area contributed by atoms with Crippen LogP contribution in [0.5, 0.6) is 0 Å². The van der Waals surface area contributed by atoms with Crippen LogP contribution < -0.4 is 0 Å². The summed E-state index contributed by atoms with van der Waals surface area (Å²) >= 11 is 0. The van der Waals surface area contributed by atoms with Crippen molar-refractivity contribution >= 4 is 11.8 Å². The average Bonchev–Trinajstić information content (AvgIpc) is 3.20. The van der Waals surface area contributed by atoms with E-state index in [0.717, 1.165) is 12.1 Å². The minimum atomic E-state index is -1.13. The molecule has 0 unspecified atom stereocenters. The minimum absolute atomic E-state index is 0.166. The van der Waals surface area contributed by atoms with Crippen molar-refractivity contribution in [1.82, 2.24) is 29.5 Å². The maximum Gasteiger partial charge on any atom is 0.258 e. The van der Waals surface area contributed by atoms with Crippen molar-refractivity contribution in [1.29, 1.82) is 0 Å². The summed E-state index contributed by atoms with van der Waals surface area (Å²) < 4.78 is 1.65. The number of rotatable bonds is 3. The molecule has 2 amide bonds. The molecular formula is C17H22N6O2. The third-order valence-electron chi connectivity index (χ3n) is 4.84. The highest BCUT2D eigenvalue weighted by Crippen LogP contribution is 2.40. The zero-order valence-electron chi connectivity index (χ0n) is 14.9. The van der Waals surface area contributed by atoms with Gasteiger partial charge in [-0.2, -0.15) is 5.10 Å². The SMILES string of the molecule is Cc1c(C(=O)N2CCC[C@]2(C(=O)N(C)C)c2cnccn2)cnn1C. The zero-order chi connectivity index (χ0) is 18.2. The number of amides is 2. The van der Waals surface area contributed by atoms with Crippen LogP contribution in [0.4, 0.5) is 0 Å². The number of aromatic nitrogens is 4. The molecule has 8 nitrogen and oxygen atoms in total. The summed E-state index contributed by atoms with van der Waals surface area (Å²) in [7, 11) is 5.17. The third-order valence-corrected chi connectivity index (χ3v) is 4.84. The fourth-order valence-corrected chi connectivity index (χ4v) is 3.43. The fraction of sp³-hybridized carbons (Fsp3) is 0.471. The summed E-state index contributed by atoms with van der Waals surface area (Å²) in [5.41, 5.74) is 0.643. The van der Waals surface area contributed by atoms with Gasteiger partial charge >= 0.3 is 0 Å². The average molecular weight is 342 g/mol. The lowest BCUT2D eigenvalue weighted by Crippen LogP contribution is -2.55. The lowest BCUT2D eigenvalue weighted by Gasteiger charge is -2.38. The second-order valence-corrected chi connectivity index (χ2v) is 6.48. The lowest BCUT2D eigenvalue weighted by molar-refractivity contribution is -0.140. The molecule has 0 bridgehead atoms. The monoisotopic (exact) mass is 342 g/mol. The summed E-state index contributed by atoms with van der Waals surface area (Å²) in [5.74, 6) is -0.371. The normalized spacial score (nSPS) is 19.9. The maximum atomic E-state index is 13.3. The summed E-state index contributed by atoms with van der Waals surface area (Å²) in [6.07, 6.45) is 7.48. The van der Waals surface area contributed by atoms with Gasteiger partial charge in [0, 0.05) is 45.8 Å². The van der Waals surface area contributed by atoms with Crippen LogP contribution in [0, 0.1) is 6.92 Å². The quantitative estimate of drug-likeness (QED) is 0.821. The molecule has 0 saturated carbocycles. The number of hydrogen-bond acceptors (Lipinski definition) is 5. The molecule has 8 heteroatoms. The Labute approximate surface area is 146 Å². The Morgan fingerprint density at radius 1 is 1.24 bits per heavy atom. The van der Waals surface area contributed by atoms with E-state index in [1.807, 2.05) is 6.92 Å². The molecule has 1 fully saturated rings. The van der Waals surface area contributed by atoms with Gasteiger partial charge in [-0.15, -0.1) is 0 Å². The second-order valence-electron chi connectivity index (χ2n) is 6.48. The molecule has 2 aromatic heterocycles. The topological polar surface area (TPSA) is 84.2 Å². The molecule has 1 saturated heterocycles. The van der Waals surface area contributed by atoms with Gasteiger partial charge in [-0.25, -0.2) is 0 Å². The van der Waals surface area contributed by atoms with E-state index in [-0.39, 0.29) is 11.8 Å². The van der Waals surface area contributed by atoms with Crippen LogP contribution in [0.3, 0.4) is 0 Å². The first-order valence-corrected chi connectivity index (χ1v) is 8.18. The number of aryl methyl sites for hydroxylation is 1. The van der Waals surface area contributed by atoms with Crippen LogP contribution in [0.25, 0.3) is 0 Å². The Bertz CT molecular complexity index is 801. The summed E-state index contributed by atoms with van der Waals surface area (Å²) in [6.45, 7) is 2.33. The number of likely N-dealkylation sites (tertiary alicyclic amines) is 1. The molecule has 0 aliphatic carbocycles. The van der Waals surface area contributed by atoms with E-state index < -0.39 is 5.54 Å². The van der Waals surface area contributed by atoms with Gasteiger partial charge in [-0.3, -0.25) is 24.2 Å². The van der Waals surface area contributed by atoms with Crippen molar-refractivity contribution in [2.24, 2.45) is 7.05 Å². The summed E-state index contributed by atoms with van der Waals surface area (Å²) in [4.78, 5) is 38.0. The van der Waals surface area contributed by atoms with Crippen molar-refractivity contribution in [2.75, 3.05) is 20.6 Å². The molecule has 3 rings (SSSR count). The zero-order valence-corrected chi connectivity index (χ0v) is 14.9. The van der Waals surface area contributed by atoms with Gasteiger partial charge < -0.3 is 9.80 Å². The van der Waals surface area contributed by atoms with Gasteiger partial charge in [0.05, 0.1) is 23.7 Å². The van der Waals surface area contributed by atoms with Crippen LogP contribution in [-0.4, -0.2) is 62.0 Å². The molecule has 1 aliphatic rings. The Morgan fingerprint density at radius 3 is 2.56 bits per heavy atom. The summed E-state index contributed by atoms with van der Waals surface area (Å²) in [5, 5.41) is 4.15. The number of nitrogens with zero attached hydrogens (tertiary/aromatic N) is 6. The van der Waals surface area contributed by atoms with E-state index in [4.69, 9.17) is 0 Å². The first-order valence-electron chi connectivity index (χ1n) is 8.18. The number of carbonyl (C=O) groups excluding carboxylic acids is 2. The molecule has 0 aromatic carbocycles. The highest BCUT2D eigenvalue weighted by atomic mass is 16.2. The largest absolute Gasteiger partial charge is 0.346 e. The molecule has 3 heterocycles. The first kappa shape index (κ1) is 17.1. The van der Waals surface area contributed by atoms with Crippen molar-refractivity contribution in [3.8, 4) is 0 Å². The van der Waals surface area contributed by atoms with Gasteiger partial charge in [0.25, 0.3) is 11.8 Å². The van der Waals surface area contributed by atoms with E-state index in [2.05, 4.69) is 15.1 Å². The van der Waals surface area contributed by atoms with Gasteiger partial charge in [0.2, 0.25) is 0 Å². The molecule has 0 N–H and O–H groups in total. The second kappa shape index (κ2) is 6.27. The van der Waals surface area contributed by atoms with Crippen LogP contribution in [0.2, 0.25) is 0 Å². The number of carbonyl (C=O) groups is 2. The molecular weight excluding hydrogens is 320 g/mol. The van der Waals surface area contributed by atoms with Crippen molar-refractivity contribution < 1.29 is 9.59 Å². The lowest BCUT2D eigenvalue weighted by atomic mass is 9.89. The van der Waals surface area contributed by atoms with E-state index in [1.54, 1.807) is 55.5 Å². The maximum absolute atomic E-state index is 13.3. The Hall–Kier alpha value is -2.77. The van der Waals surface area contributed by atoms with Gasteiger partial charge in [0.15, 0.2) is 5.54 Å². The van der Waals surface area contributed by atoms with Crippen molar-refractivity contribution in [2.45, 2.75) is 25.3 Å². The van der Waals surface area contributed by atoms with Crippen molar-refractivity contribution in [3.63, 3.8) is 0 Å². The van der Waals surface area contributed by atoms with Crippen LogP contribution in [0.1, 0.15) is 34.6 Å². The van der Waals surface area contributed by atoms with Gasteiger partial charge in [0.1, 0.15) is 0 Å². The Kier molecular flexibility index (Phi) is 4.28. The van der Waals surface area contributed by atoms with Crippen LogP contribution in [-0.2, 0) is 17.4 Å². The minimum Gasteiger partial charge on any atom is -0.346 e. The Balaban J connectivity index is 2.12. The van der Waals surface area contributed by atoms with Gasteiger partial charge in [-0.1, -0.05) is 0 Å². The molecule has 2 aromatic rings. The molecule has 1 atom stereocenters. The predicted molar refractivity (Wildman–Crippen MR) is 90.6 cm³/mol. The van der Waals surface area contributed by atoms with Gasteiger partial charge in [-0.05, 0) is 19.8 Å². The predicted octanol–water partition coefficient (Wildman–Crippen LogP) is 0.738. The standard InChI is InChI=1S/C17H22N6O2/c1-12-13(10-20-22(12)4)15(24)23-9-5-6-17(23,16(25)21(2)3)14-11-18-7-8-19-14/h7-8,10-11H,5-6,9H2,1-4H3/t17-/m1/s1. The van der Waals surface area contributed by atoms with Crippen LogP contribution in [0.15, 0.2) is 24.8 Å². The summed E-state index contributed by atoms with van der Waals surface area (Å²) in [6, 6.07) is 0. The highest BCUT2D eigenvalue weighted by molar-refractivity contribution is 6.00. The highest BCUT2D eigenvalue weighted by Gasteiger charge is 2.53. The van der Waals surface area contributed by atoms with E-state index >= 15 is 0 Å². The molecule has 132 valence electrons. The Morgan fingerprint density at radius 2 is 2.00 bits per heavy atom. The smallest absolute Gasteiger partial charge is 0.258 e. The number of hydrogen-bond donors (Lipinski definition) is 0. The molecule has 0 radical (unpaired) electrons. The molecule has 25 heavy (non-hydrogen) atoms. The fourth-order valence-electron chi connectivity index (χ4n) is 3.43. The molecule has 0 spiro atoms.